The van der Waals surface area contributed by atoms with Crippen molar-refractivity contribution < 1.29 is 29.0 Å². The molecule has 4 aromatic rings. The Kier molecular flexibility index (Phi) is 9.02. The van der Waals surface area contributed by atoms with Crippen LogP contribution in [0.3, 0.4) is 0 Å². The highest BCUT2D eigenvalue weighted by Crippen LogP contribution is 2.39. The van der Waals surface area contributed by atoms with Gasteiger partial charge in [0.15, 0.2) is 17.0 Å². The van der Waals surface area contributed by atoms with Gasteiger partial charge < -0.3 is 29.4 Å². The van der Waals surface area contributed by atoms with Crippen LogP contribution in [0.2, 0.25) is 5.02 Å². The number of amides is 3. The summed E-state index contributed by atoms with van der Waals surface area (Å²) in [6.45, 7) is 11.1. The topological polar surface area (TPSA) is 206 Å². The lowest BCUT2D eigenvalue weighted by Crippen LogP contribution is -2.50. The predicted molar refractivity (Wildman–Crippen MR) is 172 cm³/mol. The van der Waals surface area contributed by atoms with Crippen molar-refractivity contribution in [3.63, 3.8) is 0 Å². The smallest absolute Gasteiger partial charge is 0.425 e. The lowest BCUT2D eigenvalue weighted by atomic mass is 9.98. The second-order valence-corrected chi connectivity index (χ2v) is 14.1. The number of imidazole rings is 1. The fraction of sp³-hybridized carbons (Fsp3) is 0.464. The number of hydrogen-bond acceptors (Lipinski definition) is 12. The summed E-state index contributed by atoms with van der Waals surface area (Å²) in [5.74, 6) is 0.0508. The van der Waals surface area contributed by atoms with Crippen LogP contribution in [0.25, 0.3) is 11.2 Å². The number of carbonyl (C=O) groups is 3. The molecule has 1 saturated heterocycles. The van der Waals surface area contributed by atoms with Crippen molar-refractivity contribution >= 4 is 68.5 Å². The van der Waals surface area contributed by atoms with Crippen LogP contribution in [-0.4, -0.2) is 87.8 Å². The van der Waals surface area contributed by atoms with Crippen LogP contribution in [0.1, 0.15) is 59.4 Å². The van der Waals surface area contributed by atoms with E-state index in [0.29, 0.717) is 33.2 Å². The Labute approximate surface area is 282 Å². The first kappa shape index (κ1) is 33.8. The molecular formula is C28H33BrClN11O6. The molecule has 0 aliphatic carbocycles. The van der Waals surface area contributed by atoms with E-state index >= 15 is 0 Å². The highest BCUT2D eigenvalue weighted by molar-refractivity contribution is 9.10. The molecule has 1 aromatic carbocycles. The summed E-state index contributed by atoms with van der Waals surface area (Å²) < 4.78 is 13.2. The molecule has 19 heteroatoms. The lowest BCUT2D eigenvalue weighted by Gasteiger charge is -2.30. The van der Waals surface area contributed by atoms with Crippen molar-refractivity contribution in [2.24, 2.45) is 0 Å². The molecule has 1 atom stereocenters. The van der Waals surface area contributed by atoms with Crippen molar-refractivity contribution in [1.82, 2.24) is 45.5 Å². The molecule has 1 fully saturated rings. The number of aromatic amines is 1. The zero-order valence-corrected chi connectivity index (χ0v) is 28.7. The zero-order chi connectivity index (χ0) is 34.3. The molecule has 0 radical (unpaired) electrons. The minimum atomic E-state index is -1.59. The van der Waals surface area contributed by atoms with Gasteiger partial charge in [-0.3, -0.25) is 0 Å². The number of halogens is 2. The maximum atomic E-state index is 12.9. The van der Waals surface area contributed by atoms with Crippen LogP contribution in [0.4, 0.5) is 25.9 Å². The first-order valence-corrected chi connectivity index (χ1v) is 15.5. The van der Waals surface area contributed by atoms with E-state index in [9.17, 15) is 19.5 Å². The number of imide groups is 1. The first-order chi connectivity index (χ1) is 22.0. The van der Waals surface area contributed by atoms with Crippen LogP contribution < -0.4 is 15.1 Å². The Hall–Kier alpha value is -4.58. The molecular weight excluding hydrogens is 702 g/mol. The summed E-state index contributed by atoms with van der Waals surface area (Å²) >= 11 is 10.2. The molecule has 0 unspecified atom stereocenters. The summed E-state index contributed by atoms with van der Waals surface area (Å²) in [7, 11) is 0. The van der Waals surface area contributed by atoms with E-state index in [2.05, 4.69) is 56.8 Å². The largest absolute Gasteiger partial charge is 0.464 e. The SMILES string of the molecule is CC(C)(C)OC(=O)N[C@]1(c2nn[nH]n2)CCN(c2cc(Cl)cc(Br)c2Cn2cnc3c(N(C(=O)O)C(=O)OC(C)(C)C)ncnc32)C1. The molecule has 5 rings (SSSR count). The highest BCUT2D eigenvalue weighted by Gasteiger charge is 2.46. The monoisotopic (exact) mass is 733 g/mol. The van der Waals surface area contributed by atoms with Crippen molar-refractivity contribution in [2.75, 3.05) is 22.9 Å². The number of H-pyrrole nitrogens is 1. The van der Waals surface area contributed by atoms with Gasteiger partial charge in [-0.2, -0.15) is 10.1 Å². The predicted octanol–water partition coefficient (Wildman–Crippen LogP) is 4.85. The third-order valence-corrected chi connectivity index (χ3v) is 7.88. The summed E-state index contributed by atoms with van der Waals surface area (Å²) in [6.07, 6.45) is -0.289. The van der Waals surface area contributed by atoms with Gasteiger partial charge in [-0.15, -0.1) is 10.2 Å². The summed E-state index contributed by atoms with van der Waals surface area (Å²) in [6, 6.07) is 3.55. The van der Waals surface area contributed by atoms with Crippen LogP contribution in [0, 0.1) is 0 Å². The van der Waals surface area contributed by atoms with Crippen molar-refractivity contribution in [3.05, 3.63) is 45.7 Å². The zero-order valence-electron chi connectivity index (χ0n) is 26.4. The Morgan fingerprint density at radius 1 is 1.13 bits per heavy atom. The van der Waals surface area contributed by atoms with E-state index in [4.69, 9.17) is 21.1 Å². The molecule has 3 aromatic heterocycles. The molecule has 1 aliphatic rings. The van der Waals surface area contributed by atoms with Gasteiger partial charge in [0.25, 0.3) is 0 Å². The van der Waals surface area contributed by atoms with E-state index in [1.54, 1.807) is 58.2 Å². The molecule has 0 saturated carbocycles. The van der Waals surface area contributed by atoms with E-state index in [0.717, 1.165) is 17.6 Å². The van der Waals surface area contributed by atoms with E-state index in [1.807, 2.05) is 4.90 Å². The second-order valence-electron chi connectivity index (χ2n) is 12.8. The van der Waals surface area contributed by atoms with Gasteiger partial charge >= 0.3 is 18.3 Å². The normalized spacial score (nSPS) is 16.7. The number of alkyl carbamates (subject to hydrolysis) is 1. The number of ether oxygens (including phenoxy) is 2. The number of benzene rings is 1. The van der Waals surface area contributed by atoms with Crippen LogP contribution in [-0.2, 0) is 21.6 Å². The Morgan fingerprint density at radius 3 is 2.49 bits per heavy atom. The summed E-state index contributed by atoms with van der Waals surface area (Å²) in [5, 5.41) is 27.8. The fourth-order valence-electron chi connectivity index (χ4n) is 5.13. The van der Waals surface area contributed by atoms with Gasteiger partial charge in [0.1, 0.15) is 23.1 Å². The third-order valence-electron chi connectivity index (χ3n) is 6.95. The van der Waals surface area contributed by atoms with Crippen molar-refractivity contribution in [3.8, 4) is 0 Å². The number of anilines is 2. The minimum absolute atomic E-state index is 0.0752. The Bertz CT molecular complexity index is 1820. The number of aromatic nitrogens is 8. The number of nitrogens with one attached hydrogen (secondary N) is 2. The van der Waals surface area contributed by atoms with Crippen LogP contribution in [0.15, 0.2) is 29.3 Å². The molecule has 0 bridgehead atoms. The summed E-state index contributed by atoms with van der Waals surface area (Å²) in [4.78, 5) is 53.1. The summed E-state index contributed by atoms with van der Waals surface area (Å²) in [5.41, 5.74) is -0.856. The van der Waals surface area contributed by atoms with Crippen molar-refractivity contribution in [1.29, 1.82) is 0 Å². The van der Waals surface area contributed by atoms with E-state index in [-0.39, 0.29) is 30.1 Å². The molecule has 3 amide bonds. The average molecular weight is 735 g/mol. The van der Waals surface area contributed by atoms with Gasteiger partial charge in [0, 0.05) is 33.8 Å². The van der Waals surface area contributed by atoms with Gasteiger partial charge in [-0.1, -0.05) is 32.7 Å². The maximum absolute atomic E-state index is 12.9. The van der Waals surface area contributed by atoms with Gasteiger partial charge in [0.2, 0.25) is 5.82 Å². The molecule has 1 aliphatic heterocycles. The number of nitrogens with zero attached hydrogens (tertiary/aromatic N) is 9. The average Bonchev–Trinajstić information content (AvgIpc) is 3.69. The quantitative estimate of drug-likeness (QED) is 0.242. The number of hydrogen-bond donors (Lipinski definition) is 3. The van der Waals surface area contributed by atoms with E-state index in [1.165, 1.54) is 6.33 Å². The highest BCUT2D eigenvalue weighted by atomic mass is 79.9. The van der Waals surface area contributed by atoms with Crippen molar-refractivity contribution in [2.45, 2.75) is 71.2 Å². The minimum Gasteiger partial charge on any atom is -0.464 e. The molecule has 17 nitrogen and oxygen atoms in total. The first-order valence-electron chi connectivity index (χ1n) is 14.4. The number of rotatable bonds is 6. The lowest BCUT2D eigenvalue weighted by molar-refractivity contribution is 0.0455. The van der Waals surface area contributed by atoms with E-state index < -0.39 is 35.0 Å². The molecule has 47 heavy (non-hydrogen) atoms. The van der Waals surface area contributed by atoms with Gasteiger partial charge in [-0.05, 0) is 60.1 Å². The number of carbonyl (C=O) groups excluding carboxylic acids is 2. The second kappa shape index (κ2) is 12.6. The third kappa shape index (κ3) is 7.38. The van der Waals surface area contributed by atoms with Crippen LogP contribution >= 0.6 is 27.5 Å². The number of carboxylic acid groups (broad SMARTS) is 1. The van der Waals surface area contributed by atoms with Crippen LogP contribution in [0.5, 0.6) is 0 Å². The maximum Gasteiger partial charge on any atom is 0.425 e. The molecule has 3 N–H and O–H groups in total. The number of tetrazole rings is 1. The number of fused-ring (bicyclic) bond motifs is 1. The van der Waals surface area contributed by atoms with Gasteiger partial charge in [0.05, 0.1) is 12.9 Å². The van der Waals surface area contributed by atoms with Gasteiger partial charge in [-0.25, -0.2) is 29.3 Å². The standard InChI is InChI=1S/C28H33BrClN11O6/c1-26(2,3)46-23(42)34-28(22-35-37-38-36-22)7-8-39(12-28)18-10-15(30)9-17(29)16(18)11-40-14-33-19-20(40)31-13-32-21(19)41(24(43)44)25(45)47-27(4,5)6/h9-10,13-14H,7-8,11-12H2,1-6H3,(H,34,42)(H,43,44)(H,35,36,37,38)/t28-/m1/s1. The molecule has 250 valence electrons. The molecule has 4 heterocycles. The fourth-order valence-corrected chi connectivity index (χ4v) is 6.05. The Balaban J connectivity index is 1.50. The Morgan fingerprint density at radius 2 is 1.85 bits per heavy atom. The molecule has 0 spiro atoms.